The number of carbonyl (C=O) groups excluding carboxylic acids is 1. The molecule has 0 aromatic rings. The first kappa shape index (κ1) is 12.6. The van der Waals surface area contributed by atoms with Gasteiger partial charge in [-0.05, 0) is 31.1 Å². The molecule has 0 saturated heterocycles. The smallest absolute Gasteiger partial charge is 0.227 e. The minimum atomic E-state index is 0.00557. The summed E-state index contributed by atoms with van der Waals surface area (Å²) in [7, 11) is 0. The van der Waals surface area contributed by atoms with Crippen molar-refractivity contribution < 1.29 is 4.79 Å². The van der Waals surface area contributed by atoms with Gasteiger partial charge in [-0.1, -0.05) is 31.9 Å². The second-order valence-electron chi connectivity index (χ2n) is 5.77. The van der Waals surface area contributed by atoms with Crippen LogP contribution in [0.1, 0.15) is 39.0 Å². The highest BCUT2D eigenvalue weighted by Gasteiger charge is 2.24. The van der Waals surface area contributed by atoms with Crippen LogP contribution in [0.15, 0.2) is 12.2 Å². The second-order valence-corrected chi connectivity index (χ2v) is 5.77. The minimum Gasteiger partial charge on any atom is -0.355 e. The molecule has 0 spiro atoms. The molecule has 2 aliphatic carbocycles. The van der Waals surface area contributed by atoms with Gasteiger partial charge in [0.05, 0.1) is 5.92 Å². The molecule has 0 aromatic heterocycles. The lowest BCUT2D eigenvalue weighted by Crippen LogP contribution is -2.35. The molecule has 1 saturated carbocycles. The van der Waals surface area contributed by atoms with Gasteiger partial charge < -0.3 is 11.1 Å². The van der Waals surface area contributed by atoms with Crippen LogP contribution < -0.4 is 11.1 Å². The van der Waals surface area contributed by atoms with Gasteiger partial charge in [0, 0.05) is 12.6 Å². The first-order valence-electron chi connectivity index (χ1n) is 6.86. The third kappa shape index (κ3) is 3.56. The van der Waals surface area contributed by atoms with E-state index in [1.165, 1.54) is 25.7 Å². The first-order chi connectivity index (χ1) is 8.15. The molecule has 3 N–H and O–H groups in total. The van der Waals surface area contributed by atoms with Crippen molar-refractivity contribution in [2.45, 2.75) is 45.1 Å². The lowest BCUT2D eigenvalue weighted by Gasteiger charge is -2.27. The molecule has 0 heterocycles. The van der Waals surface area contributed by atoms with E-state index in [9.17, 15) is 4.79 Å². The molecule has 3 heteroatoms. The number of amides is 1. The quantitative estimate of drug-likeness (QED) is 0.735. The third-order valence-corrected chi connectivity index (χ3v) is 4.06. The van der Waals surface area contributed by atoms with Gasteiger partial charge in [0.15, 0.2) is 0 Å². The molecule has 17 heavy (non-hydrogen) atoms. The van der Waals surface area contributed by atoms with Crippen molar-refractivity contribution >= 4 is 5.91 Å². The Balaban J connectivity index is 1.71. The predicted molar refractivity (Wildman–Crippen MR) is 69.4 cm³/mol. The normalized spacial score (nSPS) is 37.1. The van der Waals surface area contributed by atoms with Gasteiger partial charge in [0.2, 0.25) is 5.91 Å². The van der Waals surface area contributed by atoms with Crippen LogP contribution in [-0.4, -0.2) is 18.5 Å². The van der Waals surface area contributed by atoms with Crippen LogP contribution in [0.25, 0.3) is 0 Å². The van der Waals surface area contributed by atoms with Crippen LogP contribution in [0.5, 0.6) is 0 Å². The average Bonchev–Trinajstić information content (AvgIpc) is 2.73. The largest absolute Gasteiger partial charge is 0.355 e. The van der Waals surface area contributed by atoms with Crippen LogP contribution in [0.4, 0.5) is 0 Å². The fourth-order valence-corrected chi connectivity index (χ4v) is 3.04. The standard InChI is InChI=1S/C14H24N2O/c1-10-3-2-4-11(7-10)9-16-14(17)12-5-6-13(15)8-12/h5-6,10-13H,2-4,7-9,15H2,1H3,(H,16,17). The molecule has 0 radical (unpaired) electrons. The van der Waals surface area contributed by atoms with E-state index in [0.717, 1.165) is 18.9 Å². The Morgan fingerprint density at radius 1 is 1.35 bits per heavy atom. The highest BCUT2D eigenvalue weighted by molar-refractivity contribution is 5.81. The summed E-state index contributed by atoms with van der Waals surface area (Å²) in [6.45, 7) is 3.16. The van der Waals surface area contributed by atoms with Crippen molar-refractivity contribution in [1.29, 1.82) is 0 Å². The molecule has 96 valence electrons. The summed E-state index contributed by atoms with van der Waals surface area (Å²) in [5.41, 5.74) is 5.75. The molecule has 1 fully saturated rings. The molecule has 0 aromatic carbocycles. The van der Waals surface area contributed by atoms with Crippen LogP contribution in [0.2, 0.25) is 0 Å². The Kier molecular flexibility index (Phi) is 4.21. The summed E-state index contributed by atoms with van der Waals surface area (Å²) in [6, 6.07) is 0.0699. The van der Waals surface area contributed by atoms with Gasteiger partial charge in [-0.25, -0.2) is 0 Å². The van der Waals surface area contributed by atoms with Gasteiger partial charge in [-0.2, -0.15) is 0 Å². The van der Waals surface area contributed by atoms with Gasteiger partial charge >= 0.3 is 0 Å². The van der Waals surface area contributed by atoms with Crippen molar-refractivity contribution in [2.75, 3.05) is 6.54 Å². The second kappa shape index (κ2) is 5.67. The fraction of sp³-hybridized carbons (Fsp3) is 0.786. The number of hydrogen-bond donors (Lipinski definition) is 2. The maximum Gasteiger partial charge on any atom is 0.227 e. The predicted octanol–water partition coefficient (Wildman–Crippen LogP) is 1.83. The van der Waals surface area contributed by atoms with Gasteiger partial charge in [-0.3, -0.25) is 4.79 Å². The van der Waals surface area contributed by atoms with E-state index < -0.39 is 0 Å². The molecule has 1 amide bonds. The summed E-state index contributed by atoms with van der Waals surface area (Å²) < 4.78 is 0. The van der Waals surface area contributed by atoms with Crippen LogP contribution >= 0.6 is 0 Å². The lowest BCUT2D eigenvalue weighted by molar-refractivity contribution is -0.123. The molecular formula is C14H24N2O. The maximum atomic E-state index is 11.9. The summed E-state index contributed by atoms with van der Waals surface area (Å²) in [5, 5.41) is 3.09. The van der Waals surface area contributed by atoms with Crippen molar-refractivity contribution in [3.05, 3.63) is 12.2 Å². The molecule has 4 unspecified atom stereocenters. The Bertz CT molecular complexity index is 301. The fourth-order valence-electron chi connectivity index (χ4n) is 3.04. The number of carbonyl (C=O) groups is 1. The van der Waals surface area contributed by atoms with Gasteiger partial charge in [0.25, 0.3) is 0 Å². The van der Waals surface area contributed by atoms with E-state index in [2.05, 4.69) is 12.2 Å². The Morgan fingerprint density at radius 3 is 2.82 bits per heavy atom. The van der Waals surface area contributed by atoms with Crippen LogP contribution in [0.3, 0.4) is 0 Å². The summed E-state index contributed by atoms with van der Waals surface area (Å²) in [6.07, 6.45) is 9.86. The van der Waals surface area contributed by atoms with Crippen molar-refractivity contribution in [3.63, 3.8) is 0 Å². The molecule has 4 atom stereocenters. The zero-order valence-corrected chi connectivity index (χ0v) is 10.7. The summed E-state index contributed by atoms with van der Waals surface area (Å²) in [5.74, 6) is 1.67. The topological polar surface area (TPSA) is 55.1 Å². The maximum absolute atomic E-state index is 11.9. The van der Waals surface area contributed by atoms with Crippen LogP contribution in [0, 0.1) is 17.8 Å². The van der Waals surface area contributed by atoms with E-state index >= 15 is 0 Å². The molecular weight excluding hydrogens is 212 g/mol. The molecule has 2 rings (SSSR count). The Labute approximate surface area is 104 Å². The van der Waals surface area contributed by atoms with Crippen molar-refractivity contribution in [3.8, 4) is 0 Å². The van der Waals surface area contributed by atoms with E-state index in [1.54, 1.807) is 0 Å². The lowest BCUT2D eigenvalue weighted by atomic mass is 9.82. The van der Waals surface area contributed by atoms with E-state index in [4.69, 9.17) is 5.73 Å². The summed E-state index contributed by atoms with van der Waals surface area (Å²) >= 11 is 0. The molecule has 2 aliphatic rings. The minimum absolute atomic E-state index is 0.00557. The van der Waals surface area contributed by atoms with E-state index in [0.29, 0.717) is 5.92 Å². The highest BCUT2D eigenvalue weighted by Crippen LogP contribution is 2.28. The number of nitrogens with one attached hydrogen (secondary N) is 1. The SMILES string of the molecule is CC1CCCC(CNC(=O)C2C=CC(N)C2)C1. The number of hydrogen-bond acceptors (Lipinski definition) is 2. The van der Waals surface area contributed by atoms with Gasteiger partial charge in [0.1, 0.15) is 0 Å². The average molecular weight is 236 g/mol. The Morgan fingerprint density at radius 2 is 2.18 bits per heavy atom. The zero-order valence-electron chi connectivity index (χ0n) is 10.7. The van der Waals surface area contributed by atoms with Gasteiger partial charge in [-0.15, -0.1) is 0 Å². The number of nitrogens with two attached hydrogens (primary N) is 1. The summed E-state index contributed by atoms with van der Waals surface area (Å²) in [4.78, 5) is 11.9. The Hall–Kier alpha value is -0.830. The molecule has 0 aliphatic heterocycles. The van der Waals surface area contributed by atoms with Crippen molar-refractivity contribution in [2.24, 2.45) is 23.5 Å². The highest BCUT2D eigenvalue weighted by atomic mass is 16.1. The first-order valence-corrected chi connectivity index (χ1v) is 6.86. The van der Waals surface area contributed by atoms with E-state index in [-0.39, 0.29) is 17.9 Å². The molecule has 0 bridgehead atoms. The molecule has 3 nitrogen and oxygen atoms in total. The van der Waals surface area contributed by atoms with Crippen molar-refractivity contribution in [1.82, 2.24) is 5.32 Å². The van der Waals surface area contributed by atoms with Crippen LogP contribution in [-0.2, 0) is 4.79 Å². The monoisotopic (exact) mass is 236 g/mol. The van der Waals surface area contributed by atoms with E-state index in [1.807, 2.05) is 12.2 Å². The zero-order chi connectivity index (χ0) is 12.3. The third-order valence-electron chi connectivity index (χ3n) is 4.06. The number of rotatable bonds is 3.